The van der Waals surface area contributed by atoms with Crippen molar-refractivity contribution in [2.45, 2.75) is 44.6 Å². The summed E-state index contributed by atoms with van der Waals surface area (Å²) in [6.07, 6.45) is 9.89. The van der Waals surface area contributed by atoms with E-state index < -0.39 is 0 Å². The largest absolute Gasteiger partial charge is 0.508 e. The van der Waals surface area contributed by atoms with E-state index in [-0.39, 0.29) is 0 Å². The van der Waals surface area contributed by atoms with E-state index in [4.69, 9.17) is 0 Å². The zero-order valence-electron chi connectivity index (χ0n) is 12.6. The predicted octanol–water partition coefficient (Wildman–Crippen LogP) is 3.93. The number of aryl methyl sites for hydroxylation is 1. The fourth-order valence-electron chi connectivity index (χ4n) is 3.14. The summed E-state index contributed by atoms with van der Waals surface area (Å²) >= 11 is 1.95. The van der Waals surface area contributed by atoms with Crippen molar-refractivity contribution in [3.63, 3.8) is 0 Å². The van der Waals surface area contributed by atoms with Crippen molar-refractivity contribution in [3.05, 3.63) is 29.8 Å². The lowest BCUT2D eigenvalue weighted by Gasteiger charge is -2.36. The van der Waals surface area contributed by atoms with E-state index in [0.717, 1.165) is 12.5 Å². The van der Waals surface area contributed by atoms with Gasteiger partial charge in [0.05, 0.1) is 0 Å². The summed E-state index contributed by atoms with van der Waals surface area (Å²) in [4.78, 5) is 2.70. The average molecular weight is 293 g/mol. The minimum atomic E-state index is 0.392. The number of nitrogens with zero attached hydrogens (tertiary/aromatic N) is 1. The zero-order valence-corrected chi connectivity index (χ0v) is 13.4. The molecule has 0 bridgehead atoms. The first-order valence-electron chi connectivity index (χ1n) is 7.80. The molecule has 0 saturated carbocycles. The van der Waals surface area contributed by atoms with Gasteiger partial charge < -0.3 is 10.0 Å². The summed E-state index contributed by atoms with van der Waals surface area (Å²) in [7, 11) is 0. The molecule has 112 valence electrons. The Labute approximate surface area is 127 Å². The van der Waals surface area contributed by atoms with Crippen LogP contribution in [0.2, 0.25) is 0 Å². The van der Waals surface area contributed by atoms with E-state index in [0.29, 0.717) is 5.75 Å². The highest BCUT2D eigenvalue weighted by Gasteiger charge is 2.21. The summed E-state index contributed by atoms with van der Waals surface area (Å²) in [6, 6.07) is 8.47. The van der Waals surface area contributed by atoms with Crippen LogP contribution in [0.1, 0.15) is 37.7 Å². The van der Waals surface area contributed by atoms with Crippen LogP contribution in [0.15, 0.2) is 24.3 Å². The van der Waals surface area contributed by atoms with Crippen molar-refractivity contribution in [2.75, 3.05) is 25.1 Å². The lowest BCUT2D eigenvalue weighted by Crippen LogP contribution is -2.40. The van der Waals surface area contributed by atoms with Crippen molar-refractivity contribution in [2.24, 2.45) is 0 Å². The Balaban J connectivity index is 1.82. The van der Waals surface area contributed by atoms with Crippen LogP contribution in [0.5, 0.6) is 5.75 Å². The van der Waals surface area contributed by atoms with E-state index in [9.17, 15) is 5.11 Å². The van der Waals surface area contributed by atoms with Crippen LogP contribution < -0.4 is 0 Å². The number of phenols is 1. The van der Waals surface area contributed by atoms with Crippen LogP contribution in [0.3, 0.4) is 0 Å². The summed E-state index contributed by atoms with van der Waals surface area (Å²) in [5.41, 5.74) is 1.26. The number of piperidine rings is 1. The molecule has 1 aliphatic rings. The number of phenolic OH excluding ortho intramolecular Hbond substituents is 1. The smallest absolute Gasteiger partial charge is 0.115 e. The number of hydrogen-bond donors (Lipinski definition) is 1. The fraction of sp³-hybridized carbons (Fsp3) is 0.647. The summed E-state index contributed by atoms with van der Waals surface area (Å²) in [5, 5.41) is 9.53. The molecular weight excluding hydrogens is 266 g/mol. The van der Waals surface area contributed by atoms with E-state index in [1.165, 1.54) is 56.5 Å². The molecule has 2 nitrogen and oxygen atoms in total. The van der Waals surface area contributed by atoms with Gasteiger partial charge in [-0.25, -0.2) is 0 Å². The van der Waals surface area contributed by atoms with Crippen LogP contribution in [0, 0.1) is 0 Å². The Kier molecular flexibility index (Phi) is 6.74. The third kappa shape index (κ3) is 5.02. The highest BCUT2D eigenvalue weighted by Crippen LogP contribution is 2.22. The second kappa shape index (κ2) is 8.58. The van der Waals surface area contributed by atoms with Crippen LogP contribution in [-0.2, 0) is 6.42 Å². The lowest BCUT2D eigenvalue weighted by molar-refractivity contribution is 0.141. The fourth-order valence-corrected chi connectivity index (χ4v) is 3.56. The van der Waals surface area contributed by atoms with Crippen LogP contribution >= 0.6 is 11.8 Å². The van der Waals surface area contributed by atoms with Crippen molar-refractivity contribution >= 4 is 11.8 Å². The average Bonchev–Trinajstić information content (AvgIpc) is 2.47. The van der Waals surface area contributed by atoms with Crippen molar-refractivity contribution in [3.8, 4) is 5.75 Å². The molecule has 1 aromatic rings. The highest BCUT2D eigenvalue weighted by atomic mass is 32.2. The molecule has 0 spiro atoms. The normalized spacial score (nSPS) is 20.1. The first-order valence-corrected chi connectivity index (χ1v) is 9.20. The highest BCUT2D eigenvalue weighted by molar-refractivity contribution is 7.98. The molecule has 1 N–H and O–H groups in total. The molecule has 0 aromatic heterocycles. The van der Waals surface area contributed by atoms with E-state index in [1.54, 1.807) is 6.07 Å². The number of benzene rings is 1. The maximum atomic E-state index is 9.53. The molecule has 1 aromatic carbocycles. The van der Waals surface area contributed by atoms with Crippen molar-refractivity contribution < 1.29 is 5.11 Å². The van der Waals surface area contributed by atoms with Gasteiger partial charge in [-0.2, -0.15) is 11.8 Å². The lowest BCUT2D eigenvalue weighted by atomic mass is 9.95. The van der Waals surface area contributed by atoms with Crippen LogP contribution in [-0.4, -0.2) is 41.1 Å². The van der Waals surface area contributed by atoms with E-state index in [1.807, 2.05) is 23.9 Å². The first kappa shape index (κ1) is 15.7. The molecule has 0 radical (unpaired) electrons. The summed E-state index contributed by atoms with van der Waals surface area (Å²) in [5.74, 6) is 1.67. The molecule has 1 aliphatic heterocycles. The second-order valence-corrected chi connectivity index (χ2v) is 6.73. The second-order valence-electron chi connectivity index (χ2n) is 5.74. The van der Waals surface area contributed by atoms with Gasteiger partial charge in [0.1, 0.15) is 5.75 Å². The zero-order chi connectivity index (χ0) is 14.2. The first-order chi connectivity index (χ1) is 9.79. The summed E-state index contributed by atoms with van der Waals surface area (Å²) in [6.45, 7) is 2.53. The Hall–Kier alpha value is -0.670. The third-order valence-corrected chi connectivity index (χ3v) is 4.92. The van der Waals surface area contributed by atoms with Gasteiger partial charge in [0, 0.05) is 6.04 Å². The van der Waals surface area contributed by atoms with Gasteiger partial charge in [0.15, 0.2) is 0 Å². The Morgan fingerprint density at radius 1 is 1.35 bits per heavy atom. The molecular formula is C17H27NOS. The quantitative estimate of drug-likeness (QED) is 0.771. The van der Waals surface area contributed by atoms with Gasteiger partial charge >= 0.3 is 0 Å². The van der Waals surface area contributed by atoms with Crippen LogP contribution in [0.4, 0.5) is 0 Å². The molecule has 0 unspecified atom stereocenters. The molecule has 3 heteroatoms. The molecule has 2 rings (SSSR count). The predicted molar refractivity (Wildman–Crippen MR) is 88.6 cm³/mol. The Morgan fingerprint density at radius 3 is 3.05 bits per heavy atom. The molecule has 0 amide bonds. The van der Waals surface area contributed by atoms with Crippen molar-refractivity contribution in [1.29, 1.82) is 0 Å². The number of rotatable bonds is 7. The van der Waals surface area contributed by atoms with Gasteiger partial charge in [-0.05, 0) is 74.9 Å². The molecule has 0 aliphatic carbocycles. The van der Waals surface area contributed by atoms with Gasteiger partial charge in [-0.1, -0.05) is 18.6 Å². The molecule has 1 fully saturated rings. The number of hydrogen-bond acceptors (Lipinski definition) is 3. The minimum Gasteiger partial charge on any atom is -0.508 e. The molecule has 1 saturated heterocycles. The van der Waals surface area contributed by atoms with Crippen LogP contribution in [0.25, 0.3) is 0 Å². The SMILES string of the molecule is CSCCCN1CCCC[C@H]1CCc1cccc(O)c1. The topological polar surface area (TPSA) is 23.5 Å². The van der Waals surface area contributed by atoms with E-state index >= 15 is 0 Å². The molecule has 20 heavy (non-hydrogen) atoms. The third-order valence-electron chi connectivity index (χ3n) is 4.22. The maximum absolute atomic E-state index is 9.53. The Bertz CT molecular complexity index is 396. The van der Waals surface area contributed by atoms with Gasteiger partial charge in [-0.15, -0.1) is 0 Å². The standard InChI is InChI=1S/C17H27NOS/c1-20-13-5-12-18-11-3-2-7-16(18)10-9-15-6-4-8-17(19)14-15/h4,6,8,14,16,19H,2-3,5,7,9-13H2,1H3/t16-/m0/s1. The van der Waals surface area contributed by atoms with Gasteiger partial charge in [0.2, 0.25) is 0 Å². The molecule has 1 heterocycles. The molecule has 1 atom stereocenters. The number of thioether (sulfide) groups is 1. The maximum Gasteiger partial charge on any atom is 0.115 e. The van der Waals surface area contributed by atoms with Gasteiger partial charge in [-0.3, -0.25) is 0 Å². The number of aromatic hydroxyl groups is 1. The minimum absolute atomic E-state index is 0.392. The number of likely N-dealkylation sites (tertiary alicyclic amines) is 1. The Morgan fingerprint density at radius 2 is 2.25 bits per heavy atom. The van der Waals surface area contributed by atoms with E-state index in [2.05, 4.69) is 17.2 Å². The summed E-state index contributed by atoms with van der Waals surface area (Å²) < 4.78 is 0. The van der Waals surface area contributed by atoms with Gasteiger partial charge in [0.25, 0.3) is 0 Å². The monoisotopic (exact) mass is 293 g/mol. The van der Waals surface area contributed by atoms with Crippen molar-refractivity contribution in [1.82, 2.24) is 4.90 Å².